The van der Waals surface area contributed by atoms with E-state index in [9.17, 15) is 15.2 Å². The number of piperidine rings is 1. The number of anilines is 3. The minimum Gasteiger partial charge on any atom is -0.393 e. The Kier molecular flexibility index (Phi) is 6.73. The first kappa shape index (κ1) is 23.4. The van der Waals surface area contributed by atoms with Crippen LogP contribution in [0.3, 0.4) is 0 Å². The second kappa shape index (κ2) is 10.1. The van der Waals surface area contributed by atoms with Crippen molar-refractivity contribution in [2.75, 3.05) is 43.4 Å². The fourth-order valence-corrected chi connectivity index (χ4v) is 5.51. The molecule has 184 valence electrons. The number of urea groups is 1. The van der Waals surface area contributed by atoms with Crippen molar-refractivity contribution < 1.29 is 9.90 Å². The van der Waals surface area contributed by atoms with Crippen molar-refractivity contribution in [2.24, 2.45) is 0 Å². The van der Waals surface area contributed by atoms with Crippen LogP contribution in [0.4, 0.5) is 22.1 Å². The van der Waals surface area contributed by atoms with Crippen LogP contribution in [0.5, 0.6) is 0 Å². The molecular weight excluding hydrogens is 442 g/mol. The quantitative estimate of drug-likeness (QED) is 0.682. The van der Waals surface area contributed by atoms with Gasteiger partial charge in [0.2, 0.25) is 0 Å². The van der Waals surface area contributed by atoms with Gasteiger partial charge in [-0.05, 0) is 62.1 Å². The molecule has 9 nitrogen and oxygen atoms in total. The molecule has 2 saturated heterocycles. The van der Waals surface area contributed by atoms with Crippen LogP contribution in [0.1, 0.15) is 55.7 Å². The molecule has 1 aromatic heterocycles. The van der Waals surface area contributed by atoms with Crippen LogP contribution in [-0.2, 0) is 0 Å². The Balaban J connectivity index is 1.29. The molecule has 2 aliphatic heterocycles. The normalized spacial score (nSPS) is 25.0. The highest BCUT2D eigenvalue weighted by atomic mass is 16.3. The molecule has 1 saturated carbocycles. The molecule has 0 spiro atoms. The Labute approximate surface area is 206 Å². The number of nitrogens with one attached hydrogen (secondary N) is 1. The van der Waals surface area contributed by atoms with E-state index in [0.717, 1.165) is 63.8 Å². The number of benzene rings is 1. The lowest BCUT2D eigenvalue weighted by atomic mass is 9.83. The first-order valence-corrected chi connectivity index (χ1v) is 12.6. The highest BCUT2D eigenvalue weighted by Crippen LogP contribution is 2.34. The molecule has 1 aliphatic carbocycles. The zero-order valence-corrected chi connectivity index (χ0v) is 20.2. The molecular formula is C26H33N7O2. The van der Waals surface area contributed by atoms with E-state index in [-0.39, 0.29) is 23.9 Å². The molecule has 0 radical (unpaired) electrons. The zero-order valence-electron chi connectivity index (χ0n) is 20.2. The molecule has 1 atom stereocenters. The second-order valence-electron chi connectivity index (χ2n) is 9.93. The van der Waals surface area contributed by atoms with Crippen LogP contribution in [0, 0.1) is 11.3 Å². The van der Waals surface area contributed by atoms with Crippen LogP contribution in [0.2, 0.25) is 0 Å². The maximum atomic E-state index is 12.5. The number of aromatic nitrogens is 2. The standard InChI is InChI=1S/C26H33N7O2/c1-31-13-14-33(26(31)35)21-3-2-12-32(17-21)24-16-28-23(15-27)25(30-24)29-20-8-4-18(5-9-20)19-6-10-22(34)11-7-19/h4-5,8-9,16,19,21-22,34H,2-3,6-7,10-14,17H2,1H3,(H,29,30)/t19?,21-,22?/m1/s1. The van der Waals surface area contributed by atoms with E-state index in [1.807, 2.05) is 24.1 Å². The first-order chi connectivity index (χ1) is 17.0. The van der Waals surface area contributed by atoms with Crippen LogP contribution < -0.4 is 10.2 Å². The van der Waals surface area contributed by atoms with Crippen molar-refractivity contribution >= 4 is 23.4 Å². The number of aliphatic hydroxyl groups is 1. The molecule has 3 heterocycles. The molecule has 3 aliphatic rings. The summed E-state index contributed by atoms with van der Waals surface area (Å²) >= 11 is 0. The van der Waals surface area contributed by atoms with E-state index in [1.165, 1.54) is 5.56 Å². The van der Waals surface area contributed by atoms with Gasteiger partial charge in [0.15, 0.2) is 11.5 Å². The van der Waals surface area contributed by atoms with Gasteiger partial charge in [0, 0.05) is 38.9 Å². The number of aliphatic hydroxyl groups excluding tert-OH is 1. The van der Waals surface area contributed by atoms with Crippen LogP contribution in [-0.4, -0.2) is 76.3 Å². The summed E-state index contributed by atoms with van der Waals surface area (Å²) in [6, 6.07) is 10.7. The van der Waals surface area contributed by atoms with Gasteiger partial charge in [0.25, 0.3) is 0 Å². The number of carbonyl (C=O) groups excluding carboxylic acids is 1. The van der Waals surface area contributed by atoms with Crippen LogP contribution >= 0.6 is 0 Å². The summed E-state index contributed by atoms with van der Waals surface area (Å²) in [5, 5.41) is 22.7. The van der Waals surface area contributed by atoms with E-state index >= 15 is 0 Å². The molecule has 35 heavy (non-hydrogen) atoms. The lowest BCUT2D eigenvalue weighted by Gasteiger charge is -2.37. The average Bonchev–Trinajstić information content (AvgIpc) is 3.23. The summed E-state index contributed by atoms with van der Waals surface area (Å²) in [6.45, 7) is 3.09. The van der Waals surface area contributed by atoms with E-state index < -0.39 is 0 Å². The Morgan fingerprint density at radius 1 is 1.09 bits per heavy atom. The number of hydrogen-bond acceptors (Lipinski definition) is 7. The topological polar surface area (TPSA) is 109 Å². The van der Waals surface area contributed by atoms with Crippen LogP contribution in [0.25, 0.3) is 0 Å². The van der Waals surface area contributed by atoms with Gasteiger partial charge in [0.1, 0.15) is 11.9 Å². The Bertz CT molecular complexity index is 1090. The predicted octanol–water partition coefficient (Wildman–Crippen LogP) is 3.45. The Morgan fingerprint density at radius 3 is 2.54 bits per heavy atom. The van der Waals surface area contributed by atoms with E-state index in [1.54, 1.807) is 11.1 Å². The molecule has 0 bridgehead atoms. The highest BCUT2D eigenvalue weighted by Gasteiger charge is 2.34. The van der Waals surface area contributed by atoms with Crippen molar-refractivity contribution in [3.05, 3.63) is 41.7 Å². The number of hydrogen-bond donors (Lipinski definition) is 2. The number of carbonyl (C=O) groups is 1. The van der Waals surface area contributed by atoms with Gasteiger partial charge in [-0.25, -0.2) is 14.8 Å². The van der Waals surface area contributed by atoms with Gasteiger partial charge in [-0.2, -0.15) is 5.26 Å². The van der Waals surface area contributed by atoms with Crippen LogP contribution in [0.15, 0.2) is 30.5 Å². The van der Waals surface area contributed by atoms with E-state index in [0.29, 0.717) is 24.1 Å². The summed E-state index contributed by atoms with van der Waals surface area (Å²) in [6.07, 6.45) is 7.20. The largest absolute Gasteiger partial charge is 0.393 e. The number of rotatable bonds is 5. The lowest BCUT2D eigenvalue weighted by Crippen LogP contribution is -2.49. The van der Waals surface area contributed by atoms with Gasteiger partial charge in [0.05, 0.1) is 18.3 Å². The van der Waals surface area contributed by atoms with Crippen molar-refractivity contribution in [3.8, 4) is 6.07 Å². The summed E-state index contributed by atoms with van der Waals surface area (Å²) in [5.41, 5.74) is 2.39. The molecule has 9 heteroatoms. The molecule has 2 aromatic rings. The molecule has 5 rings (SSSR count). The van der Waals surface area contributed by atoms with Gasteiger partial charge < -0.3 is 25.1 Å². The fraction of sp³-hybridized carbons (Fsp3) is 0.538. The summed E-state index contributed by atoms with van der Waals surface area (Å²) in [4.78, 5) is 27.5. The first-order valence-electron chi connectivity index (χ1n) is 12.6. The molecule has 2 N–H and O–H groups in total. The third kappa shape index (κ3) is 5.03. The monoisotopic (exact) mass is 475 g/mol. The van der Waals surface area contributed by atoms with Crippen molar-refractivity contribution in [3.63, 3.8) is 0 Å². The van der Waals surface area contributed by atoms with Gasteiger partial charge in [-0.1, -0.05) is 12.1 Å². The SMILES string of the molecule is CN1CCN([C@@H]2CCCN(c3cnc(C#N)c(Nc4ccc(C5CCC(O)CC5)cc4)n3)C2)C1=O. The molecule has 1 aromatic carbocycles. The predicted molar refractivity (Wildman–Crippen MR) is 134 cm³/mol. The van der Waals surface area contributed by atoms with Gasteiger partial charge in [-0.15, -0.1) is 0 Å². The number of likely N-dealkylation sites (N-methyl/N-ethyl adjacent to an activating group) is 1. The summed E-state index contributed by atoms with van der Waals surface area (Å²) < 4.78 is 0. The Hall–Kier alpha value is -3.38. The molecule has 3 fully saturated rings. The number of nitriles is 1. The summed E-state index contributed by atoms with van der Waals surface area (Å²) in [5.74, 6) is 1.64. The third-order valence-corrected chi connectivity index (χ3v) is 7.62. The van der Waals surface area contributed by atoms with Crippen molar-refractivity contribution in [1.82, 2.24) is 19.8 Å². The molecule has 0 unspecified atom stereocenters. The van der Waals surface area contributed by atoms with E-state index in [4.69, 9.17) is 4.98 Å². The lowest BCUT2D eigenvalue weighted by molar-refractivity contribution is 0.122. The average molecular weight is 476 g/mol. The Morgan fingerprint density at radius 2 is 1.86 bits per heavy atom. The maximum absolute atomic E-state index is 12.5. The minimum atomic E-state index is -0.158. The summed E-state index contributed by atoms with van der Waals surface area (Å²) in [7, 11) is 1.85. The smallest absolute Gasteiger partial charge is 0.320 e. The van der Waals surface area contributed by atoms with Crippen molar-refractivity contribution in [1.29, 1.82) is 5.26 Å². The highest BCUT2D eigenvalue weighted by molar-refractivity contribution is 5.76. The third-order valence-electron chi connectivity index (χ3n) is 7.62. The van der Waals surface area contributed by atoms with Gasteiger partial charge >= 0.3 is 6.03 Å². The van der Waals surface area contributed by atoms with Gasteiger partial charge in [-0.3, -0.25) is 0 Å². The number of amides is 2. The van der Waals surface area contributed by atoms with E-state index in [2.05, 4.69) is 33.4 Å². The number of nitrogens with zero attached hydrogens (tertiary/aromatic N) is 6. The second-order valence-corrected chi connectivity index (χ2v) is 9.93. The molecule has 2 amide bonds. The minimum absolute atomic E-state index is 0.0953. The van der Waals surface area contributed by atoms with Crippen molar-refractivity contribution in [2.45, 2.75) is 56.6 Å². The fourth-order valence-electron chi connectivity index (χ4n) is 5.51. The zero-order chi connectivity index (χ0) is 24.4. The maximum Gasteiger partial charge on any atom is 0.320 e.